The van der Waals surface area contributed by atoms with Crippen LogP contribution in [0.1, 0.15) is 12.8 Å². The van der Waals surface area contributed by atoms with Crippen LogP contribution in [-0.4, -0.2) is 34.3 Å². The van der Waals surface area contributed by atoms with Gasteiger partial charge >= 0.3 is 0 Å². The number of halogens is 2. The lowest BCUT2D eigenvalue weighted by Gasteiger charge is -2.30. The van der Waals surface area contributed by atoms with Crippen molar-refractivity contribution < 1.29 is 9.50 Å². The maximum atomic E-state index is 13.0. The zero-order valence-corrected chi connectivity index (χ0v) is 12.1. The monoisotopic (exact) mass is 307 g/mol. The zero-order chi connectivity index (χ0) is 14.8. The highest BCUT2D eigenvalue weighted by molar-refractivity contribution is 6.28. The van der Waals surface area contributed by atoms with Crippen LogP contribution in [0, 0.1) is 5.82 Å². The van der Waals surface area contributed by atoms with Gasteiger partial charge < -0.3 is 10.0 Å². The Hall–Kier alpha value is -1.72. The van der Waals surface area contributed by atoms with E-state index in [1.54, 1.807) is 12.1 Å². The van der Waals surface area contributed by atoms with E-state index in [0.717, 1.165) is 24.5 Å². The molecule has 0 radical (unpaired) electrons. The van der Waals surface area contributed by atoms with Gasteiger partial charge in [0.05, 0.1) is 11.8 Å². The highest BCUT2D eigenvalue weighted by Crippen LogP contribution is 2.25. The first kappa shape index (κ1) is 14.2. The van der Waals surface area contributed by atoms with E-state index >= 15 is 0 Å². The Labute approximate surface area is 127 Å². The van der Waals surface area contributed by atoms with Crippen LogP contribution >= 0.6 is 11.6 Å². The van der Waals surface area contributed by atoms with E-state index in [1.807, 2.05) is 6.07 Å². The maximum Gasteiger partial charge on any atom is 0.224 e. The van der Waals surface area contributed by atoms with Crippen LogP contribution < -0.4 is 4.90 Å². The summed E-state index contributed by atoms with van der Waals surface area (Å²) in [5, 5.41) is 9.73. The van der Waals surface area contributed by atoms with Gasteiger partial charge in [-0.3, -0.25) is 0 Å². The van der Waals surface area contributed by atoms with Crippen LogP contribution in [0.3, 0.4) is 0 Å². The molecule has 2 heterocycles. The minimum Gasteiger partial charge on any atom is -0.393 e. The Bertz CT molecular complexity index is 627. The number of nitrogens with zero attached hydrogens (tertiary/aromatic N) is 3. The second kappa shape index (κ2) is 5.95. The average Bonchev–Trinajstić information content (AvgIpc) is 2.48. The Morgan fingerprint density at radius 2 is 1.81 bits per heavy atom. The predicted octanol–water partition coefficient (Wildman–Crippen LogP) is 2.90. The first-order valence-electron chi connectivity index (χ1n) is 6.85. The number of hydrogen-bond donors (Lipinski definition) is 1. The molecule has 4 nitrogen and oxygen atoms in total. The molecule has 1 fully saturated rings. The maximum absolute atomic E-state index is 13.0. The van der Waals surface area contributed by atoms with Gasteiger partial charge in [0.2, 0.25) is 5.28 Å². The molecule has 2 aromatic rings. The number of benzene rings is 1. The number of hydrogen-bond acceptors (Lipinski definition) is 4. The summed E-state index contributed by atoms with van der Waals surface area (Å²) in [7, 11) is 0. The number of rotatable bonds is 2. The van der Waals surface area contributed by atoms with Crippen molar-refractivity contribution in [2.75, 3.05) is 18.0 Å². The van der Waals surface area contributed by atoms with E-state index in [2.05, 4.69) is 14.9 Å². The van der Waals surface area contributed by atoms with E-state index < -0.39 is 0 Å². The Morgan fingerprint density at radius 1 is 1.14 bits per heavy atom. The number of aromatic nitrogens is 2. The number of aliphatic hydroxyl groups is 1. The lowest BCUT2D eigenvalue weighted by atomic mass is 10.1. The Balaban J connectivity index is 1.91. The zero-order valence-electron chi connectivity index (χ0n) is 11.3. The number of anilines is 1. The fourth-order valence-electron chi connectivity index (χ4n) is 2.43. The van der Waals surface area contributed by atoms with E-state index in [1.165, 1.54) is 12.1 Å². The van der Waals surface area contributed by atoms with Gasteiger partial charge in [0, 0.05) is 24.7 Å². The highest BCUT2D eigenvalue weighted by atomic mass is 35.5. The molecule has 0 bridgehead atoms. The van der Waals surface area contributed by atoms with Gasteiger partial charge in [-0.05, 0) is 48.7 Å². The number of aliphatic hydroxyl groups excluding tert-OH is 1. The van der Waals surface area contributed by atoms with Crippen LogP contribution in [0.5, 0.6) is 0 Å². The SMILES string of the molecule is OC1CCN(c2cc(-c3ccc(F)cc3)nc(Cl)n2)CC1. The molecular formula is C15H15ClFN3O. The fraction of sp³-hybridized carbons (Fsp3) is 0.333. The normalized spacial score (nSPS) is 16.2. The molecule has 1 saturated heterocycles. The summed E-state index contributed by atoms with van der Waals surface area (Å²) in [6, 6.07) is 7.96. The third-order valence-electron chi connectivity index (χ3n) is 3.61. The van der Waals surface area contributed by atoms with Crippen LogP contribution in [-0.2, 0) is 0 Å². The van der Waals surface area contributed by atoms with Gasteiger partial charge in [0.25, 0.3) is 0 Å². The molecular weight excluding hydrogens is 293 g/mol. The summed E-state index contributed by atoms with van der Waals surface area (Å²) in [5.74, 6) is 0.449. The lowest BCUT2D eigenvalue weighted by Crippen LogP contribution is -2.36. The van der Waals surface area contributed by atoms with Gasteiger partial charge in [-0.1, -0.05) is 0 Å². The van der Waals surface area contributed by atoms with E-state index in [-0.39, 0.29) is 17.2 Å². The van der Waals surface area contributed by atoms with Gasteiger partial charge in [-0.15, -0.1) is 0 Å². The van der Waals surface area contributed by atoms with Gasteiger partial charge in [-0.2, -0.15) is 0 Å². The quantitative estimate of drug-likeness (QED) is 0.867. The molecule has 0 spiro atoms. The van der Waals surface area contributed by atoms with Crippen molar-refractivity contribution in [1.82, 2.24) is 9.97 Å². The predicted molar refractivity (Wildman–Crippen MR) is 79.9 cm³/mol. The Morgan fingerprint density at radius 3 is 2.48 bits per heavy atom. The van der Waals surface area contributed by atoms with Crippen molar-refractivity contribution in [1.29, 1.82) is 0 Å². The van der Waals surface area contributed by atoms with Crippen molar-refractivity contribution in [2.45, 2.75) is 18.9 Å². The van der Waals surface area contributed by atoms with E-state index in [4.69, 9.17) is 11.6 Å². The summed E-state index contributed by atoms with van der Waals surface area (Å²) >= 11 is 6.01. The highest BCUT2D eigenvalue weighted by Gasteiger charge is 2.19. The molecule has 0 aliphatic carbocycles. The third-order valence-corrected chi connectivity index (χ3v) is 3.78. The minimum atomic E-state index is -0.288. The molecule has 1 aliphatic heterocycles. The van der Waals surface area contributed by atoms with Crippen molar-refractivity contribution in [2.24, 2.45) is 0 Å². The topological polar surface area (TPSA) is 49.2 Å². The van der Waals surface area contributed by atoms with Crippen molar-refractivity contribution >= 4 is 17.4 Å². The average molecular weight is 308 g/mol. The molecule has 1 aliphatic rings. The molecule has 1 N–H and O–H groups in total. The van der Waals surface area contributed by atoms with Crippen LogP contribution in [0.4, 0.5) is 10.2 Å². The molecule has 21 heavy (non-hydrogen) atoms. The standard InChI is InChI=1S/C15H15ClFN3O/c16-15-18-13(10-1-3-11(17)4-2-10)9-14(19-15)20-7-5-12(21)6-8-20/h1-4,9,12,21H,5-8H2. The smallest absolute Gasteiger partial charge is 0.224 e. The summed E-state index contributed by atoms with van der Waals surface area (Å²) in [4.78, 5) is 10.5. The molecule has 110 valence electrons. The van der Waals surface area contributed by atoms with E-state index in [9.17, 15) is 9.50 Å². The second-order valence-corrected chi connectivity index (χ2v) is 5.44. The minimum absolute atomic E-state index is 0.165. The summed E-state index contributed by atoms with van der Waals surface area (Å²) in [6.45, 7) is 1.47. The Kier molecular flexibility index (Phi) is 4.03. The van der Waals surface area contributed by atoms with Crippen LogP contribution in [0.15, 0.2) is 30.3 Å². The van der Waals surface area contributed by atoms with Gasteiger partial charge in [-0.25, -0.2) is 14.4 Å². The third kappa shape index (κ3) is 3.31. The van der Waals surface area contributed by atoms with Gasteiger partial charge in [0.15, 0.2) is 0 Å². The molecule has 1 aromatic heterocycles. The molecule has 1 aromatic carbocycles. The van der Waals surface area contributed by atoms with Crippen LogP contribution in [0.2, 0.25) is 5.28 Å². The van der Waals surface area contributed by atoms with Gasteiger partial charge in [0.1, 0.15) is 11.6 Å². The summed E-state index contributed by atoms with van der Waals surface area (Å²) in [5.41, 5.74) is 1.45. The molecule has 0 unspecified atom stereocenters. The summed E-state index contributed by atoms with van der Waals surface area (Å²) < 4.78 is 13.0. The van der Waals surface area contributed by atoms with Crippen molar-refractivity contribution in [3.63, 3.8) is 0 Å². The molecule has 6 heteroatoms. The van der Waals surface area contributed by atoms with E-state index in [0.29, 0.717) is 18.5 Å². The summed E-state index contributed by atoms with van der Waals surface area (Å²) in [6.07, 6.45) is 1.19. The second-order valence-electron chi connectivity index (χ2n) is 5.11. The molecule has 3 rings (SSSR count). The molecule has 0 atom stereocenters. The number of piperidine rings is 1. The molecule has 0 saturated carbocycles. The van der Waals surface area contributed by atoms with Crippen molar-refractivity contribution in [3.8, 4) is 11.3 Å². The van der Waals surface area contributed by atoms with Crippen LogP contribution in [0.25, 0.3) is 11.3 Å². The van der Waals surface area contributed by atoms with Crippen molar-refractivity contribution in [3.05, 3.63) is 41.4 Å². The first-order valence-corrected chi connectivity index (χ1v) is 7.23. The molecule has 0 amide bonds. The lowest BCUT2D eigenvalue weighted by molar-refractivity contribution is 0.145. The largest absolute Gasteiger partial charge is 0.393 e. The first-order chi connectivity index (χ1) is 10.1. The fourth-order valence-corrected chi connectivity index (χ4v) is 2.61.